The van der Waals surface area contributed by atoms with Gasteiger partial charge in [0, 0.05) is 5.02 Å². The Kier molecular flexibility index (Phi) is 4.87. The molecule has 0 spiro atoms. The van der Waals surface area contributed by atoms with Crippen molar-refractivity contribution >= 4 is 73.3 Å². The summed E-state index contributed by atoms with van der Waals surface area (Å²) in [6.07, 6.45) is 0. The molecule has 0 unspecified atom stereocenters. The van der Waals surface area contributed by atoms with Gasteiger partial charge in [0.15, 0.2) is 0 Å². The predicted molar refractivity (Wildman–Crippen MR) is 82.0 cm³/mol. The lowest BCUT2D eigenvalue weighted by Gasteiger charge is -2.27. The lowest BCUT2D eigenvalue weighted by atomic mass is 10.4. The van der Waals surface area contributed by atoms with E-state index in [0.717, 1.165) is 4.31 Å². The van der Waals surface area contributed by atoms with Gasteiger partial charge in [0.2, 0.25) is 18.9 Å². The van der Waals surface area contributed by atoms with Gasteiger partial charge in [0.1, 0.15) is 5.37 Å². The van der Waals surface area contributed by atoms with Crippen molar-refractivity contribution in [2.24, 2.45) is 0 Å². The summed E-state index contributed by atoms with van der Waals surface area (Å²) >= 11 is 23.7. The lowest BCUT2D eigenvalue weighted by Crippen LogP contribution is -2.41. The largest absolute Gasteiger partial charge is 0.286 e. The first-order valence-electron chi connectivity index (χ1n) is 5.16. The number of alkyl halides is 3. The highest BCUT2D eigenvalue weighted by Crippen LogP contribution is 2.45. The molecule has 1 heterocycles. The second kappa shape index (κ2) is 5.83. The zero-order valence-electron chi connectivity index (χ0n) is 9.59. The summed E-state index contributed by atoms with van der Waals surface area (Å²) < 4.78 is 24.0. The van der Waals surface area contributed by atoms with Crippen LogP contribution >= 0.6 is 58.2 Å². The second-order valence-electron chi connectivity index (χ2n) is 3.89. The first kappa shape index (κ1) is 16.7. The Bertz CT molecular complexity index is 627. The van der Waals surface area contributed by atoms with Gasteiger partial charge in [0.25, 0.3) is 0 Å². The number of benzene rings is 1. The fourth-order valence-corrected chi connectivity index (χ4v) is 5.45. The Morgan fingerprint density at radius 2 is 1.75 bits per heavy atom. The van der Waals surface area contributed by atoms with E-state index in [4.69, 9.17) is 46.4 Å². The molecule has 1 aromatic carbocycles. The van der Waals surface area contributed by atoms with Crippen LogP contribution in [0.4, 0.5) is 0 Å². The summed E-state index contributed by atoms with van der Waals surface area (Å²) in [5, 5.41) is -1.08. The molecule has 0 amide bonds. The third-order valence-electron chi connectivity index (χ3n) is 2.49. The van der Waals surface area contributed by atoms with Crippen molar-refractivity contribution in [3.8, 4) is 0 Å². The molecular formula is C10H7Cl4NO3S2. The van der Waals surface area contributed by atoms with Crippen LogP contribution in [-0.4, -0.2) is 33.5 Å². The average Bonchev–Trinajstić information content (AvgIpc) is 2.72. The molecule has 110 valence electrons. The molecule has 1 aliphatic rings. The predicted octanol–water partition coefficient (Wildman–Crippen LogP) is 3.30. The Labute approximate surface area is 140 Å². The molecule has 1 aromatic rings. The Morgan fingerprint density at radius 3 is 2.25 bits per heavy atom. The average molecular weight is 395 g/mol. The topological polar surface area (TPSA) is 54.5 Å². The van der Waals surface area contributed by atoms with Gasteiger partial charge in [-0.3, -0.25) is 4.79 Å². The SMILES string of the molecule is O=C1CN(S(=O)(=O)c2ccc(Cl)cc2)[C@@H](C(Cl)(Cl)Cl)S1. The first-order chi connectivity index (χ1) is 9.12. The van der Waals surface area contributed by atoms with E-state index in [1.54, 1.807) is 0 Å². The molecule has 1 saturated heterocycles. The molecule has 0 saturated carbocycles. The maximum absolute atomic E-state index is 12.5. The zero-order valence-corrected chi connectivity index (χ0v) is 14.3. The summed E-state index contributed by atoms with van der Waals surface area (Å²) in [4.78, 5) is 11.5. The first-order valence-corrected chi connectivity index (χ1v) is 8.99. The molecule has 2 rings (SSSR count). The van der Waals surface area contributed by atoms with Crippen LogP contribution in [0.3, 0.4) is 0 Å². The molecule has 1 fully saturated rings. The molecule has 0 bridgehead atoms. The molecule has 0 aliphatic carbocycles. The molecule has 1 aliphatic heterocycles. The summed E-state index contributed by atoms with van der Waals surface area (Å²) in [5.41, 5.74) is 0. The highest BCUT2D eigenvalue weighted by Gasteiger charge is 2.50. The van der Waals surface area contributed by atoms with Gasteiger partial charge in [-0.1, -0.05) is 58.2 Å². The molecule has 20 heavy (non-hydrogen) atoms. The second-order valence-corrected chi connectivity index (χ2v) is 9.72. The van der Waals surface area contributed by atoms with Crippen LogP contribution in [0.5, 0.6) is 0 Å². The zero-order chi connectivity index (χ0) is 15.1. The fraction of sp³-hybridized carbons (Fsp3) is 0.300. The highest BCUT2D eigenvalue weighted by molar-refractivity contribution is 8.15. The minimum Gasteiger partial charge on any atom is -0.286 e. The van der Waals surface area contributed by atoms with E-state index in [0.29, 0.717) is 16.8 Å². The van der Waals surface area contributed by atoms with E-state index in [2.05, 4.69) is 0 Å². The van der Waals surface area contributed by atoms with Crippen molar-refractivity contribution in [2.45, 2.75) is 14.1 Å². The van der Waals surface area contributed by atoms with Crippen LogP contribution < -0.4 is 0 Å². The van der Waals surface area contributed by atoms with Gasteiger partial charge >= 0.3 is 0 Å². The van der Waals surface area contributed by atoms with Crippen molar-refractivity contribution in [3.05, 3.63) is 29.3 Å². The van der Waals surface area contributed by atoms with Crippen LogP contribution in [-0.2, 0) is 14.8 Å². The van der Waals surface area contributed by atoms with Crippen molar-refractivity contribution < 1.29 is 13.2 Å². The van der Waals surface area contributed by atoms with Crippen LogP contribution in [0, 0.1) is 0 Å². The Balaban J connectivity index is 2.42. The number of thioether (sulfide) groups is 1. The minimum absolute atomic E-state index is 0.0172. The third-order valence-corrected chi connectivity index (χ3v) is 6.93. The van der Waals surface area contributed by atoms with Gasteiger partial charge in [-0.15, -0.1) is 0 Å². The van der Waals surface area contributed by atoms with Crippen LogP contribution in [0.15, 0.2) is 29.2 Å². The molecular weight excluding hydrogens is 388 g/mol. The molecule has 0 N–H and O–H groups in total. The van der Waals surface area contributed by atoms with Crippen molar-refractivity contribution in [1.29, 1.82) is 0 Å². The molecule has 0 radical (unpaired) electrons. The number of carbonyl (C=O) groups excluding carboxylic acids is 1. The van der Waals surface area contributed by atoms with E-state index >= 15 is 0 Å². The van der Waals surface area contributed by atoms with Gasteiger partial charge in [0.05, 0.1) is 11.4 Å². The van der Waals surface area contributed by atoms with E-state index in [1.165, 1.54) is 24.3 Å². The number of hydrogen-bond donors (Lipinski definition) is 0. The normalized spacial score (nSPS) is 21.4. The summed E-state index contributed by atoms with van der Waals surface area (Å²) in [5.74, 6) is 0. The minimum atomic E-state index is -3.94. The van der Waals surface area contributed by atoms with Gasteiger partial charge < -0.3 is 0 Å². The number of nitrogens with zero attached hydrogens (tertiary/aromatic N) is 1. The monoisotopic (exact) mass is 393 g/mol. The molecule has 10 heteroatoms. The van der Waals surface area contributed by atoms with Crippen molar-refractivity contribution in [3.63, 3.8) is 0 Å². The van der Waals surface area contributed by atoms with Crippen LogP contribution in [0.1, 0.15) is 0 Å². The summed E-state index contributed by atoms with van der Waals surface area (Å²) in [6.45, 7) is -0.339. The van der Waals surface area contributed by atoms with E-state index in [9.17, 15) is 13.2 Å². The highest BCUT2D eigenvalue weighted by atomic mass is 35.6. The smallest absolute Gasteiger partial charge is 0.244 e. The quantitative estimate of drug-likeness (QED) is 0.722. The maximum Gasteiger partial charge on any atom is 0.244 e. The van der Waals surface area contributed by atoms with E-state index < -0.39 is 19.2 Å². The van der Waals surface area contributed by atoms with Crippen molar-refractivity contribution in [2.75, 3.05) is 6.54 Å². The number of carbonyl (C=O) groups is 1. The molecule has 4 nitrogen and oxygen atoms in total. The van der Waals surface area contributed by atoms with Crippen LogP contribution in [0.25, 0.3) is 0 Å². The fourth-order valence-electron chi connectivity index (χ4n) is 1.61. The molecule has 1 atom stereocenters. The number of hydrogen-bond acceptors (Lipinski definition) is 4. The standard InChI is InChI=1S/C10H7Cl4NO3S2/c11-6-1-3-7(4-2-6)20(17,18)15-5-8(16)19-9(15)10(12,13)14/h1-4,9H,5H2/t9-/m1/s1. The maximum atomic E-state index is 12.5. The number of halogens is 4. The summed E-state index contributed by atoms with van der Waals surface area (Å²) in [7, 11) is -3.94. The number of rotatable bonds is 2. The third kappa shape index (κ3) is 3.38. The Morgan fingerprint density at radius 1 is 1.20 bits per heavy atom. The van der Waals surface area contributed by atoms with Crippen molar-refractivity contribution in [1.82, 2.24) is 4.31 Å². The number of sulfonamides is 1. The van der Waals surface area contributed by atoms with E-state index in [1.807, 2.05) is 0 Å². The Hall–Kier alpha value is 0.310. The van der Waals surface area contributed by atoms with Gasteiger partial charge in [-0.05, 0) is 24.3 Å². The summed E-state index contributed by atoms with van der Waals surface area (Å²) in [6, 6.07) is 5.54. The molecule has 0 aromatic heterocycles. The van der Waals surface area contributed by atoms with Crippen LogP contribution in [0.2, 0.25) is 5.02 Å². The van der Waals surface area contributed by atoms with Gasteiger partial charge in [-0.2, -0.15) is 4.31 Å². The van der Waals surface area contributed by atoms with E-state index in [-0.39, 0.29) is 16.6 Å². The van der Waals surface area contributed by atoms with Gasteiger partial charge in [-0.25, -0.2) is 8.42 Å². The lowest BCUT2D eigenvalue weighted by molar-refractivity contribution is -0.110.